The van der Waals surface area contributed by atoms with E-state index in [0.29, 0.717) is 0 Å². The SMILES string of the molecule is Cc1ccc(C(Nc2ccccc2N)c2ccc(C)cc2C)c(C)c1. The van der Waals surface area contributed by atoms with Crippen LogP contribution in [0.2, 0.25) is 0 Å². The number of hydrogen-bond acceptors (Lipinski definition) is 2. The Morgan fingerprint density at radius 3 is 1.72 bits per heavy atom. The highest BCUT2D eigenvalue weighted by molar-refractivity contribution is 5.67. The van der Waals surface area contributed by atoms with Crippen LogP contribution in [0.25, 0.3) is 0 Å². The van der Waals surface area contributed by atoms with Crippen LogP contribution < -0.4 is 11.1 Å². The van der Waals surface area contributed by atoms with Gasteiger partial charge in [0.25, 0.3) is 0 Å². The first-order valence-electron chi connectivity index (χ1n) is 8.71. The monoisotopic (exact) mass is 330 g/mol. The maximum Gasteiger partial charge on any atom is 0.0773 e. The average molecular weight is 330 g/mol. The summed E-state index contributed by atoms with van der Waals surface area (Å²) in [5.41, 5.74) is 15.6. The van der Waals surface area contributed by atoms with Gasteiger partial charge in [0.05, 0.1) is 17.4 Å². The molecule has 0 aliphatic rings. The minimum Gasteiger partial charge on any atom is -0.397 e. The van der Waals surface area contributed by atoms with E-state index in [1.54, 1.807) is 0 Å². The topological polar surface area (TPSA) is 38.0 Å². The standard InChI is InChI=1S/C23H26N2/c1-15-9-11-19(17(3)13-15)23(20-12-10-16(2)14-18(20)4)25-22-8-6-5-7-21(22)24/h5-14,23,25H,24H2,1-4H3. The Morgan fingerprint density at radius 1 is 0.720 bits per heavy atom. The fourth-order valence-electron chi connectivity index (χ4n) is 3.41. The summed E-state index contributed by atoms with van der Waals surface area (Å²) in [6.45, 7) is 8.61. The maximum absolute atomic E-state index is 6.19. The Bertz CT molecular complexity index is 845. The Labute approximate surface area is 150 Å². The van der Waals surface area contributed by atoms with Crippen LogP contribution in [0.3, 0.4) is 0 Å². The number of anilines is 2. The van der Waals surface area contributed by atoms with E-state index in [-0.39, 0.29) is 6.04 Å². The first-order valence-corrected chi connectivity index (χ1v) is 8.71. The second-order valence-electron chi connectivity index (χ2n) is 6.88. The molecule has 0 spiro atoms. The number of nitrogens with one attached hydrogen (secondary N) is 1. The van der Waals surface area contributed by atoms with E-state index < -0.39 is 0 Å². The summed E-state index contributed by atoms with van der Waals surface area (Å²) in [5, 5.41) is 3.68. The number of aryl methyl sites for hydroxylation is 4. The molecule has 0 aromatic heterocycles. The molecule has 0 atom stereocenters. The first kappa shape index (κ1) is 17.1. The predicted octanol–water partition coefficient (Wildman–Crippen LogP) is 5.70. The van der Waals surface area contributed by atoms with Crippen LogP contribution in [0, 0.1) is 27.7 Å². The van der Waals surface area contributed by atoms with Crippen LogP contribution >= 0.6 is 0 Å². The highest BCUT2D eigenvalue weighted by Gasteiger charge is 2.19. The van der Waals surface area contributed by atoms with Crippen LogP contribution in [-0.2, 0) is 0 Å². The van der Waals surface area contributed by atoms with Crippen LogP contribution in [0.15, 0.2) is 60.7 Å². The van der Waals surface area contributed by atoms with E-state index in [0.717, 1.165) is 11.4 Å². The summed E-state index contributed by atoms with van der Waals surface area (Å²) >= 11 is 0. The Kier molecular flexibility index (Phi) is 4.80. The molecule has 0 unspecified atom stereocenters. The molecule has 0 saturated carbocycles. The summed E-state index contributed by atoms with van der Waals surface area (Å²) in [7, 11) is 0. The van der Waals surface area contributed by atoms with Crippen molar-refractivity contribution < 1.29 is 0 Å². The van der Waals surface area contributed by atoms with Crippen molar-refractivity contribution in [2.75, 3.05) is 11.1 Å². The van der Waals surface area contributed by atoms with E-state index in [9.17, 15) is 0 Å². The highest BCUT2D eigenvalue weighted by atomic mass is 14.9. The largest absolute Gasteiger partial charge is 0.397 e. The molecule has 0 fully saturated rings. The minimum absolute atomic E-state index is 0.0610. The van der Waals surface area contributed by atoms with Crippen molar-refractivity contribution in [1.82, 2.24) is 0 Å². The van der Waals surface area contributed by atoms with Crippen molar-refractivity contribution in [2.24, 2.45) is 0 Å². The quantitative estimate of drug-likeness (QED) is 0.602. The van der Waals surface area contributed by atoms with Crippen LogP contribution in [-0.4, -0.2) is 0 Å². The van der Waals surface area contributed by atoms with E-state index >= 15 is 0 Å². The molecule has 0 saturated heterocycles. The van der Waals surface area contributed by atoms with Gasteiger partial charge in [-0.05, 0) is 62.1 Å². The lowest BCUT2D eigenvalue weighted by Gasteiger charge is -2.25. The van der Waals surface area contributed by atoms with Gasteiger partial charge < -0.3 is 11.1 Å². The summed E-state index contributed by atoms with van der Waals surface area (Å²) in [5.74, 6) is 0. The minimum atomic E-state index is 0.0610. The van der Waals surface area contributed by atoms with Gasteiger partial charge in [0.15, 0.2) is 0 Å². The van der Waals surface area contributed by atoms with Crippen LogP contribution in [0.1, 0.15) is 39.4 Å². The molecule has 25 heavy (non-hydrogen) atoms. The molecular formula is C23H26N2. The van der Waals surface area contributed by atoms with Gasteiger partial charge in [-0.1, -0.05) is 59.7 Å². The zero-order chi connectivity index (χ0) is 18.0. The number of benzene rings is 3. The summed E-state index contributed by atoms with van der Waals surface area (Å²) in [6.07, 6.45) is 0. The molecule has 0 radical (unpaired) electrons. The molecule has 3 rings (SSSR count). The smallest absolute Gasteiger partial charge is 0.0773 e. The van der Waals surface area contributed by atoms with Gasteiger partial charge in [-0.2, -0.15) is 0 Å². The molecule has 0 aliphatic heterocycles. The second kappa shape index (κ2) is 7.02. The molecule has 3 aromatic carbocycles. The van der Waals surface area contributed by atoms with Gasteiger partial charge >= 0.3 is 0 Å². The van der Waals surface area contributed by atoms with Crippen molar-refractivity contribution >= 4 is 11.4 Å². The van der Waals surface area contributed by atoms with Crippen molar-refractivity contribution in [1.29, 1.82) is 0 Å². The molecular weight excluding hydrogens is 304 g/mol. The maximum atomic E-state index is 6.19. The van der Waals surface area contributed by atoms with Gasteiger partial charge in [-0.3, -0.25) is 0 Å². The van der Waals surface area contributed by atoms with Gasteiger partial charge in [0.2, 0.25) is 0 Å². The second-order valence-corrected chi connectivity index (χ2v) is 6.88. The number of nitrogen functional groups attached to an aromatic ring is 1. The molecule has 128 valence electrons. The van der Waals surface area contributed by atoms with Gasteiger partial charge in [-0.25, -0.2) is 0 Å². The highest BCUT2D eigenvalue weighted by Crippen LogP contribution is 2.33. The fraction of sp³-hybridized carbons (Fsp3) is 0.217. The van der Waals surface area contributed by atoms with E-state index in [4.69, 9.17) is 5.73 Å². The molecule has 0 heterocycles. The molecule has 0 bridgehead atoms. The van der Waals surface area contributed by atoms with Crippen LogP contribution in [0.4, 0.5) is 11.4 Å². The fourth-order valence-corrected chi connectivity index (χ4v) is 3.41. The van der Waals surface area contributed by atoms with E-state index in [1.807, 2.05) is 24.3 Å². The zero-order valence-corrected chi connectivity index (χ0v) is 15.4. The zero-order valence-electron chi connectivity index (χ0n) is 15.4. The first-order chi connectivity index (χ1) is 12.0. The number of rotatable bonds is 4. The van der Waals surface area contributed by atoms with Crippen molar-refractivity contribution in [3.05, 3.63) is 94.0 Å². The third kappa shape index (κ3) is 3.69. The number of para-hydroxylation sites is 2. The normalized spacial score (nSPS) is 10.9. The molecule has 2 nitrogen and oxygen atoms in total. The van der Waals surface area contributed by atoms with E-state index in [2.05, 4.69) is 69.4 Å². The third-order valence-electron chi connectivity index (χ3n) is 4.73. The molecule has 3 aromatic rings. The Hall–Kier alpha value is -2.74. The lowest BCUT2D eigenvalue weighted by molar-refractivity contribution is 0.913. The van der Waals surface area contributed by atoms with Crippen molar-refractivity contribution in [3.8, 4) is 0 Å². The van der Waals surface area contributed by atoms with Gasteiger partial charge in [0.1, 0.15) is 0 Å². The molecule has 3 N–H and O–H groups in total. The third-order valence-corrected chi connectivity index (χ3v) is 4.73. The molecule has 0 amide bonds. The lowest BCUT2D eigenvalue weighted by atomic mass is 9.90. The Morgan fingerprint density at radius 2 is 1.24 bits per heavy atom. The van der Waals surface area contributed by atoms with E-state index in [1.165, 1.54) is 33.4 Å². The van der Waals surface area contributed by atoms with Crippen molar-refractivity contribution in [3.63, 3.8) is 0 Å². The van der Waals surface area contributed by atoms with Crippen LogP contribution in [0.5, 0.6) is 0 Å². The molecule has 0 aliphatic carbocycles. The number of hydrogen-bond donors (Lipinski definition) is 2. The molecule has 2 heteroatoms. The number of nitrogens with two attached hydrogens (primary N) is 1. The lowest BCUT2D eigenvalue weighted by Crippen LogP contribution is -2.16. The summed E-state index contributed by atoms with van der Waals surface area (Å²) < 4.78 is 0. The predicted molar refractivity (Wildman–Crippen MR) is 108 cm³/mol. The summed E-state index contributed by atoms with van der Waals surface area (Å²) in [6, 6.07) is 21.3. The summed E-state index contributed by atoms with van der Waals surface area (Å²) in [4.78, 5) is 0. The Balaban J connectivity index is 2.12. The van der Waals surface area contributed by atoms with Gasteiger partial charge in [0, 0.05) is 0 Å². The van der Waals surface area contributed by atoms with Gasteiger partial charge in [-0.15, -0.1) is 0 Å². The average Bonchev–Trinajstić information content (AvgIpc) is 2.55. The van der Waals surface area contributed by atoms with Crippen molar-refractivity contribution in [2.45, 2.75) is 33.7 Å².